The van der Waals surface area contributed by atoms with E-state index >= 15 is 0 Å². The summed E-state index contributed by atoms with van der Waals surface area (Å²) in [5, 5.41) is 8.53. The van der Waals surface area contributed by atoms with Crippen molar-refractivity contribution in [3.05, 3.63) is 33.7 Å². The van der Waals surface area contributed by atoms with Crippen molar-refractivity contribution in [1.82, 2.24) is 4.98 Å². The van der Waals surface area contributed by atoms with Crippen LogP contribution in [-0.4, -0.2) is 17.6 Å². The summed E-state index contributed by atoms with van der Waals surface area (Å²) < 4.78 is 4.64. The molecule has 0 radical (unpaired) electrons. The van der Waals surface area contributed by atoms with Gasteiger partial charge in [0, 0.05) is 12.4 Å². The Morgan fingerprint density at radius 3 is 2.93 bits per heavy atom. The van der Waals surface area contributed by atoms with Gasteiger partial charge in [0.15, 0.2) is 0 Å². The number of aromatic amines is 1. The zero-order valence-corrected chi connectivity index (χ0v) is 7.53. The molecule has 0 aliphatic heterocycles. The maximum atomic E-state index is 11.4. The van der Waals surface area contributed by atoms with Gasteiger partial charge in [0.05, 0.1) is 6.61 Å². The highest BCUT2D eigenvalue weighted by molar-refractivity contribution is 5.89. The Labute approximate surface area is 79.9 Å². The largest absolute Gasteiger partial charge is 0.462 e. The zero-order chi connectivity index (χ0) is 10.6. The number of nitrogens with zero attached hydrogens (tertiary/aromatic N) is 1. The fourth-order valence-electron chi connectivity index (χ4n) is 0.928. The van der Waals surface area contributed by atoms with Gasteiger partial charge in [-0.05, 0) is 6.92 Å². The molecule has 0 fully saturated rings. The van der Waals surface area contributed by atoms with E-state index in [2.05, 4.69) is 9.72 Å². The third-order valence-electron chi connectivity index (χ3n) is 1.56. The van der Waals surface area contributed by atoms with Crippen LogP contribution >= 0.6 is 0 Å². The van der Waals surface area contributed by atoms with E-state index in [-0.39, 0.29) is 17.7 Å². The van der Waals surface area contributed by atoms with E-state index in [1.54, 1.807) is 13.0 Å². The molecule has 0 saturated carbocycles. The van der Waals surface area contributed by atoms with E-state index in [0.29, 0.717) is 0 Å². The van der Waals surface area contributed by atoms with Crippen molar-refractivity contribution in [2.75, 3.05) is 6.61 Å². The van der Waals surface area contributed by atoms with Crippen molar-refractivity contribution in [2.24, 2.45) is 0 Å². The lowest BCUT2D eigenvalue weighted by atomic mass is 10.2. The second-order valence-corrected chi connectivity index (χ2v) is 2.44. The highest BCUT2D eigenvalue weighted by Crippen LogP contribution is 1.95. The Morgan fingerprint density at radius 2 is 2.36 bits per heavy atom. The van der Waals surface area contributed by atoms with E-state index < -0.39 is 11.4 Å². The third kappa shape index (κ3) is 1.80. The fraction of sp³-hybridized carbons (Fsp3) is 0.222. The van der Waals surface area contributed by atoms with Gasteiger partial charge in [0.2, 0.25) is 5.43 Å². The standard InChI is InChI=1S/C9H8N2O3/c1-2-14-9(13)7-5-11-4-6(3-10)8(7)12/h4-5H,2H2,1H3,(H,11,12). The number of pyridine rings is 1. The van der Waals surface area contributed by atoms with Gasteiger partial charge in [-0.25, -0.2) is 4.79 Å². The van der Waals surface area contributed by atoms with E-state index in [9.17, 15) is 9.59 Å². The topological polar surface area (TPSA) is 82.9 Å². The number of nitriles is 1. The second kappa shape index (κ2) is 4.23. The Kier molecular flexibility index (Phi) is 3.02. The average Bonchev–Trinajstić information content (AvgIpc) is 2.18. The molecule has 0 aliphatic carbocycles. The number of aromatic nitrogens is 1. The van der Waals surface area contributed by atoms with Crippen molar-refractivity contribution in [3.63, 3.8) is 0 Å². The summed E-state index contributed by atoms with van der Waals surface area (Å²) >= 11 is 0. The number of nitrogens with one attached hydrogen (secondary N) is 1. The molecular formula is C9H8N2O3. The Hall–Kier alpha value is -2.09. The SMILES string of the molecule is CCOC(=O)c1c[nH]cc(C#N)c1=O. The van der Waals surface area contributed by atoms with Crippen molar-refractivity contribution >= 4 is 5.97 Å². The van der Waals surface area contributed by atoms with Gasteiger partial charge in [0.1, 0.15) is 17.2 Å². The lowest BCUT2D eigenvalue weighted by molar-refractivity contribution is 0.0524. The summed E-state index contributed by atoms with van der Waals surface area (Å²) in [5.41, 5.74) is -0.855. The summed E-state index contributed by atoms with van der Waals surface area (Å²) in [6.07, 6.45) is 2.46. The first-order valence-electron chi connectivity index (χ1n) is 3.99. The molecule has 72 valence electrons. The van der Waals surface area contributed by atoms with Gasteiger partial charge in [-0.15, -0.1) is 0 Å². The van der Waals surface area contributed by atoms with Crippen LogP contribution in [0.25, 0.3) is 0 Å². The molecule has 5 nitrogen and oxygen atoms in total. The lowest BCUT2D eigenvalue weighted by Gasteiger charge is -1.99. The zero-order valence-electron chi connectivity index (χ0n) is 7.53. The summed E-state index contributed by atoms with van der Waals surface area (Å²) in [7, 11) is 0. The molecule has 0 amide bonds. The minimum atomic E-state index is -0.717. The summed E-state index contributed by atoms with van der Waals surface area (Å²) in [5.74, 6) is -0.717. The lowest BCUT2D eigenvalue weighted by Crippen LogP contribution is -2.19. The number of hydrogen-bond donors (Lipinski definition) is 1. The molecule has 0 spiro atoms. The number of carbonyl (C=O) groups excluding carboxylic acids is 1. The van der Waals surface area contributed by atoms with E-state index in [1.165, 1.54) is 12.4 Å². The minimum Gasteiger partial charge on any atom is -0.462 e. The predicted octanol–water partition coefficient (Wildman–Crippen LogP) is 0.423. The summed E-state index contributed by atoms with van der Waals surface area (Å²) in [4.78, 5) is 25.1. The number of ether oxygens (including phenoxy) is 1. The van der Waals surface area contributed by atoms with Crippen molar-refractivity contribution in [2.45, 2.75) is 6.92 Å². The van der Waals surface area contributed by atoms with Crippen molar-refractivity contribution < 1.29 is 9.53 Å². The monoisotopic (exact) mass is 192 g/mol. The van der Waals surface area contributed by atoms with Gasteiger partial charge in [-0.2, -0.15) is 5.26 Å². The van der Waals surface area contributed by atoms with Gasteiger partial charge in [-0.3, -0.25) is 4.79 Å². The summed E-state index contributed by atoms with van der Waals surface area (Å²) in [6, 6.07) is 1.68. The molecule has 1 aromatic heterocycles. The molecule has 0 aromatic carbocycles. The highest BCUT2D eigenvalue weighted by atomic mass is 16.5. The fourth-order valence-corrected chi connectivity index (χ4v) is 0.928. The number of H-pyrrole nitrogens is 1. The molecule has 0 aliphatic rings. The Balaban J connectivity index is 3.18. The summed E-state index contributed by atoms with van der Waals surface area (Å²) in [6.45, 7) is 1.83. The molecule has 5 heteroatoms. The predicted molar refractivity (Wildman–Crippen MR) is 47.7 cm³/mol. The van der Waals surface area contributed by atoms with Gasteiger partial charge in [-0.1, -0.05) is 0 Å². The van der Waals surface area contributed by atoms with Gasteiger partial charge in [0.25, 0.3) is 0 Å². The molecule has 14 heavy (non-hydrogen) atoms. The maximum absolute atomic E-state index is 11.4. The van der Waals surface area contributed by atoms with Crippen LogP contribution in [0.1, 0.15) is 22.8 Å². The molecule has 1 aromatic rings. The van der Waals surface area contributed by atoms with Crippen LogP contribution < -0.4 is 5.43 Å². The third-order valence-corrected chi connectivity index (χ3v) is 1.56. The first-order valence-corrected chi connectivity index (χ1v) is 3.99. The second-order valence-electron chi connectivity index (χ2n) is 2.44. The van der Waals surface area contributed by atoms with Crippen LogP contribution in [-0.2, 0) is 4.74 Å². The molecule has 1 heterocycles. The van der Waals surface area contributed by atoms with Crippen LogP contribution in [0, 0.1) is 11.3 Å². The smallest absolute Gasteiger partial charge is 0.343 e. The molecule has 0 atom stereocenters. The highest BCUT2D eigenvalue weighted by Gasteiger charge is 2.13. The Bertz CT molecular complexity index is 442. The Morgan fingerprint density at radius 1 is 1.64 bits per heavy atom. The molecule has 1 N–H and O–H groups in total. The van der Waals surface area contributed by atoms with Gasteiger partial charge < -0.3 is 9.72 Å². The van der Waals surface area contributed by atoms with E-state index in [0.717, 1.165) is 0 Å². The molecule has 0 unspecified atom stereocenters. The van der Waals surface area contributed by atoms with Crippen LogP contribution in [0.5, 0.6) is 0 Å². The molecule has 0 bridgehead atoms. The van der Waals surface area contributed by atoms with Crippen LogP contribution in [0.2, 0.25) is 0 Å². The maximum Gasteiger partial charge on any atom is 0.343 e. The quantitative estimate of drug-likeness (QED) is 0.688. The molecule has 0 saturated heterocycles. The van der Waals surface area contributed by atoms with Gasteiger partial charge >= 0.3 is 5.97 Å². The van der Waals surface area contributed by atoms with Crippen LogP contribution in [0.3, 0.4) is 0 Å². The van der Waals surface area contributed by atoms with Crippen molar-refractivity contribution in [1.29, 1.82) is 5.26 Å². The number of carbonyl (C=O) groups is 1. The number of hydrogen-bond acceptors (Lipinski definition) is 4. The number of esters is 1. The van der Waals surface area contributed by atoms with E-state index in [4.69, 9.17) is 5.26 Å². The number of rotatable bonds is 2. The molecular weight excluding hydrogens is 184 g/mol. The van der Waals surface area contributed by atoms with E-state index in [1.807, 2.05) is 0 Å². The van der Waals surface area contributed by atoms with Crippen LogP contribution in [0.4, 0.5) is 0 Å². The van der Waals surface area contributed by atoms with Crippen LogP contribution in [0.15, 0.2) is 17.2 Å². The minimum absolute atomic E-state index is 0.101. The first kappa shape index (κ1) is 9.99. The molecule has 1 rings (SSSR count). The first-order chi connectivity index (χ1) is 6.70. The average molecular weight is 192 g/mol. The van der Waals surface area contributed by atoms with Crippen molar-refractivity contribution in [3.8, 4) is 6.07 Å². The normalized spacial score (nSPS) is 9.14.